The third kappa shape index (κ3) is 4.20. The number of aryl methyl sites for hydroxylation is 1. The first-order chi connectivity index (χ1) is 13.7. The molecule has 0 unspecified atom stereocenters. The van der Waals surface area contributed by atoms with Crippen LogP contribution in [0, 0.1) is 6.92 Å². The number of carbonyl (C=O) groups is 1. The first-order valence-electron chi connectivity index (χ1n) is 9.05. The van der Waals surface area contributed by atoms with Gasteiger partial charge in [0.25, 0.3) is 0 Å². The van der Waals surface area contributed by atoms with Gasteiger partial charge in [0.15, 0.2) is 0 Å². The standard InChI is InChI=1S/C21H20N4O2S/c1-15-18(24-21(27-15)19-8-5-11-28-19)12-20(26)22-10-9-16-13-23-25(14-16)17-6-3-2-4-7-17/h2-8,11,13-14H,9-10,12H2,1H3,(H,22,26). The van der Waals surface area contributed by atoms with E-state index in [9.17, 15) is 4.79 Å². The Hall–Kier alpha value is -3.19. The van der Waals surface area contributed by atoms with Gasteiger partial charge in [0, 0.05) is 12.7 Å². The van der Waals surface area contributed by atoms with Gasteiger partial charge in [0.2, 0.25) is 11.8 Å². The molecule has 3 aromatic heterocycles. The lowest BCUT2D eigenvalue weighted by atomic mass is 10.2. The van der Waals surface area contributed by atoms with Crippen LogP contribution in [0.25, 0.3) is 16.5 Å². The van der Waals surface area contributed by atoms with Crippen molar-refractivity contribution in [1.29, 1.82) is 0 Å². The molecule has 0 aliphatic heterocycles. The zero-order chi connectivity index (χ0) is 19.3. The van der Waals surface area contributed by atoms with Crippen LogP contribution >= 0.6 is 11.3 Å². The lowest BCUT2D eigenvalue weighted by molar-refractivity contribution is -0.120. The highest BCUT2D eigenvalue weighted by atomic mass is 32.1. The summed E-state index contributed by atoms with van der Waals surface area (Å²) in [5, 5.41) is 9.29. The first kappa shape index (κ1) is 18.2. The van der Waals surface area contributed by atoms with Gasteiger partial charge in [0.1, 0.15) is 5.76 Å². The molecule has 0 bridgehead atoms. The zero-order valence-corrected chi connectivity index (χ0v) is 16.3. The van der Waals surface area contributed by atoms with Crippen LogP contribution in [-0.4, -0.2) is 27.2 Å². The van der Waals surface area contributed by atoms with E-state index in [2.05, 4.69) is 15.4 Å². The van der Waals surface area contributed by atoms with Gasteiger partial charge in [-0.25, -0.2) is 9.67 Å². The Balaban J connectivity index is 1.29. The number of hydrogen-bond acceptors (Lipinski definition) is 5. The van der Waals surface area contributed by atoms with Crippen molar-refractivity contribution in [1.82, 2.24) is 20.1 Å². The Morgan fingerprint density at radius 3 is 2.86 bits per heavy atom. The minimum Gasteiger partial charge on any atom is -0.440 e. The SMILES string of the molecule is Cc1oc(-c2cccs2)nc1CC(=O)NCCc1cnn(-c2ccccc2)c1. The molecule has 28 heavy (non-hydrogen) atoms. The minimum absolute atomic E-state index is 0.0652. The van der Waals surface area contributed by atoms with Crippen LogP contribution in [-0.2, 0) is 17.6 Å². The van der Waals surface area contributed by atoms with Crippen LogP contribution in [0.1, 0.15) is 17.0 Å². The smallest absolute Gasteiger partial charge is 0.236 e. The number of rotatable bonds is 7. The maximum absolute atomic E-state index is 12.3. The highest BCUT2D eigenvalue weighted by molar-refractivity contribution is 7.13. The molecule has 0 spiro atoms. The molecule has 0 radical (unpaired) electrons. The van der Waals surface area contributed by atoms with E-state index in [0.29, 0.717) is 23.9 Å². The van der Waals surface area contributed by atoms with E-state index < -0.39 is 0 Å². The number of nitrogens with one attached hydrogen (secondary N) is 1. The van der Waals surface area contributed by atoms with Crippen LogP contribution in [0.2, 0.25) is 0 Å². The van der Waals surface area contributed by atoms with Gasteiger partial charge in [-0.05, 0) is 42.5 Å². The third-order valence-electron chi connectivity index (χ3n) is 4.35. The summed E-state index contributed by atoms with van der Waals surface area (Å²) < 4.78 is 7.52. The largest absolute Gasteiger partial charge is 0.440 e. The summed E-state index contributed by atoms with van der Waals surface area (Å²) in [6.45, 7) is 2.39. The summed E-state index contributed by atoms with van der Waals surface area (Å²) >= 11 is 1.56. The number of amides is 1. The quantitative estimate of drug-likeness (QED) is 0.519. The Morgan fingerprint density at radius 2 is 2.07 bits per heavy atom. The molecule has 142 valence electrons. The lowest BCUT2D eigenvalue weighted by Crippen LogP contribution is -2.27. The molecule has 1 amide bonds. The van der Waals surface area contributed by atoms with Crippen LogP contribution in [0.5, 0.6) is 0 Å². The Kier molecular flexibility index (Phi) is 5.34. The molecule has 0 aliphatic rings. The van der Waals surface area contributed by atoms with Gasteiger partial charge in [0.05, 0.1) is 28.9 Å². The fourth-order valence-corrected chi connectivity index (χ4v) is 3.52. The molecule has 0 aliphatic carbocycles. The monoisotopic (exact) mass is 392 g/mol. The van der Waals surface area contributed by atoms with Gasteiger partial charge in [-0.3, -0.25) is 4.79 Å². The normalized spacial score (nSPS) is 10.9. The molecule has 4 rings (SSSR count). The molecule has 3 heterocycles. The molecule has 4 aromatic rings. The minimum atomic E-state index is -0.0652. The van der Waals surface area contributed by atoms with Gasteiger partial charge in [-0.1, -0.05) is 24.3 Å². The predicted molar refractivity (Wildman–Crippen MR) is 109 cm³/mol. The van der Waals surface area contributed by atoms with Crippen molar-refractivity contribution in [3.63, 3.8) is 0 Å². The molecule has 0 saturated heterocycles. The summed E-state index contributed by atoms with van der Waals surface area (Å²) in [5.74, 6) is 1.19. The predicted octanol–water partition coefficient (Wildman–Crippen LogP) is 3.80. The lowest BCUT2D eigenvalue weighted by Gasteiger charge is -2.03. The van der Waals surface area contributed by atoms with Crippen molar-refractivity contribution in [2.75, 3.05) is 6.54 Å². The van der Waals surface area contributed by atoms with Gasteiger partial charge >= 0.3 is 0 Å². The van der Waals surface area contributed by atoms with E-state index in [1.54, 1.807) is 11.3 Å². The van der Waals surface area contributed by atoms with Crippen molar-refractivity contribution in [3.05, 3.63) is 77.3 Å². The summed E-state index contributed by atoms with van der Waals surface area (Å²) in [6.07, 6.45) is 4.74. The maximum Gasteiger partial charge on any atom is 0.236 e. The van der Waals surface area contributed by atoms with Crippen molar-refractivity contribution in [2.24, 2.45) is 0 Å². The number of para-hydroxylation sites is 1. The number of aromatic nitrogens is 3. The maximum atomic E-state index is 12.3. The van der Waals surface area contributed by atoms with E-state index in [0.717, 1.165) is 22.5 Å². The van der Waals surface area contributed by atoms with E-state index in [4.69, 9.17) is 4.42 Å². The molecule has 0 saturated carbocycles. The van der Waals surface area contributed by atoms with E-state index >= 15 is 0 Å². The second-order valence-corrected chi connectivity index (χ2v) is 7.35. The van der Waals surface area contributed by atoms with E-state index in [1.165, 1.54) is 0 Å². The summed E-state index contributed by atoms with van der Waals surface area (Å²) in [6, 6.07) is 13.8. The number of hydrogen-bond donors (Lipinski definition) is 1. The van der Waals surface area contributed by atoms with Crippen LogP contribution < -0.4 is 5.32 Å². The van der Waals surface area contributed by atoms with Crippen LogP contribution in [0.15, 0.2) is 64.7 Å². The molecule has 7 heteroatoms. The van der Waals surface area contributed by atoms with Gasteiger partial charge in [-0.2, -0.15) is 5.10 Å². The number of nitrogens with zero attached hydrogens (tertiary/aromatic N) is 3. The second kappa shape index (κ2) is 8.22. The third-order valence-corrected chi connectivity index (χ3v) is 5.20. The van der Waals surface area contributed by atoms with Crippen molar-refractivity contribution < 1.29 is 9.21 Å². The topological polar surface area (TPSA) is 73.0 Å². The number of oxazole rings is 1. The molecule has 0 fully saturated rings. The van der Waals surface area contributed by atoms with Gasteiger partial charge < -0.3 is 9.73 Å². The average molecular weight is 392 g/mol. The van der Waals surface area contributed by atoms with Gasteiger partial charge in [-0.15, -0.1) is 11.3 Å². The highest BCUT2D eigenvalue weighted by Gasteiger charge is 2.15. The van der Waals surface area contributed by atoms with E-state index in [1.807, 2.05) is 71.8 Å². The summed E-state index contributed by atoms with van der Waals surface area (Å²) in [4.78, 5) is 17.7. The molecular formula is C21H20N4O2S. The molecule has 1 aromatic carbocycles. The fraction of sp³-hybridized carbons (Fsp3) is 0.190. The number of benzene rings is 1. The molecule has 1 N–H and O–H groups in total. The zero-order valence-electron chi connectivity index (χ0n) is 15.5. The van der Waals surface area contributed by atoms with Crippen LogP contribution in [0.3, 0.4) is 0 Å². The Morgan fingerprint density at radius 1 is 1.21 bits per heavy atom. The van der Waals surface area contributed by atoms with Crippen molar-refractivity contribution in [3.8, 4) is 16.5 Å². The Labute approximate surface area is 166 Å². The summed E-state index contributed by atoms with van der Waals surface area (Å²) in [7, 11) is 0. The van der Waals surface area contributed by atoms with E-state index in [-0.39, 0.29) is 12.3 Å². The summed E-state index contributed by atoms with van der Waals surface area (Å²) in [5.41, 5.74) is 2.76. The Bertz CT molecular complexity index is 1050. The second-order valence-electron chi connectivity index (χ2n) is 6.40. The highest BCUT2D eigenvalue weighted by Crippen LogP contribution is 2.26. The van der Waals surface area contributed by atoms with Crippen LogP contribution in [0.4, 0.5) is 0 Å². The van der Waals surface area contributed by atoms with Crippen molar-refractivity contribution >= 4 is 17.2 Å². The number of thiophene rings is 1. The van der Waals surface area contributed by atoms with Crippen molar-refractivity contribution in [2.45, 2.75) is 19.8 Å². The first-order valence-corrected chi connectivity index (χ1v) is 9.93. The fourth-order valence-electron chi connectivity index (χ4n) is 2.87. The molecule has 0 atom stereocenters. The molecule has 6 nitrogen and oxygen atoms in total. The average Bonchev–Trinajstić information content (AvgIpc) is 3.44. The number of carbonyl (C=O) groups excluding carboxylic acids is 1. The molecular weight excluding hydrogens is 372 g/mol.